The first-order valence-corrected chi connectivity index (χ1v) is 28.6. The molecule has 0 saturated carbocycles. The summed E-state index contributed by atoms with van der Waals surface area (Å²) in [6, 6.07) is -0.700. The number of unbranched alkanes of at least 4 members (excludes halogenated alkanes) is 37. The SMILES string of the molecule is CCCCCCCCC/C=C/C=C/CCCCCCCC(=O)OC(CCCCCCCCCCCCC)CC(=O)NC(CO)C(O)CCCCCCCCCCCCCCCCCC. The average Bonchev–Trinajstić information content (AvgIpc) is 3.29. The molecule has 64 heavy (non-hydrogen) atoms. The maximum Gasteiger partial charge on any atom is 0.306 e. The number of aliphatic hydroxyl groups excluding tert-OH is 2. The van der Waals surface area contributed by atoms with Crippen molar-refractivity contribution in [3.05, 3.63) is 24.3 Å². The predicted molar refractivity (Wildman–Crippen MR) is 278 cm³/mol. The standard InChI is InChI=1S/C58H111NO5/c1-4-7-10-13-16-19-22-24-26-28-29-31-33-36-39-42-45-48-51-58(63)64-54(49-46-43-40-37-34-21-18-15-12-9-6-3)52-57(62)59-55(53-60)56(61)50-47-44-41-38-35-32-30-27-25-23-20-17-14-11-8-5-2/h26,28-29,31,54-56,60-61H,4-25,27,30,32-53H2,1-3H3,(H,59,62)/b28-26+,31-29+. The molecule has 0 aromatic rings. The van der Waals surface area contributed by atoms with Crippen LogP contribution < -0.4 is 5.32 Å². The van der Waals surface area contributed by atoms with Crippen molar-refractivity contribution in [2.45, 2.75) is 328 Å². The Morgan fingerprint density at radius 3 is 1.16 bits per heavy atom. The summed E-state index contributed by atoms with van der Waals surface area (Å²) in [7, 11) is 0. The number of aliphatic hydroxyl groups is 2. The zero-order chi connectivity index (χ0) is 46.7. The van der Waals surface area contributed by atoms with E-state index in [2.05, 4.69) is 50.4 Å². The van der Waals surface area contributed by atoms with Crippen LogP contribution in [0.2, 0.25) is 0 Å². The minimum atomic E-state index is -0.786. The highest BCUT2D eigenvalue weighted by Gasteiger charge is 2.24. The van der Waals surface area contributed by atoms with Gasteiger partial charge in [-0.1, -0.05) is 270 Å². The summed E-state index contributed by atoms with van der Waals surface area (Å²) in [5.74, 6) is -0.474. The molecule has 0 aliphatic carbocycles. The van der Waals surface area contributed by atoms with E-state index >= 15 is 0 Å². The van der Waals surface area contributed by atoms with Crippen LogP contribution in [0.3, 0.4) is 0 Å². The van der Waals surface area contributed by atoms with Gasteiger partial charge in [-0.15, -0.1) is 0 Å². The molecule has 0 radical (unpaired) electrons. The maximum absolute atomic E-state index is 13.2. The molecular formula is C58H111NO5. The lowest BCUT2D eigenvalue weighted by atomic mass is 10.0. The number of hydrogen-bond acceptors (Lipinski definition) is 5. The van der Waals surface area contributed by atoms with Gasteiger partial charge < -0.3 is 20.3 Å². The third-order valence-corrected chi connectivity index (χ3v) is 13.3. The van der Waals surface area contributed by atoms with Crippen molar-refractivity contribution in [1.82, 2.24) is 5.32 Å². The molecule has 6 heteroatoms. The van der Waals surface area contributed by atoms with E-state index in [9.17, 15) is 19.8 Å². The van der Waals surface area contributed by atoms with E-state index in [1.165, 1.54) is 212 Å². The quantitative estimate of drug-likeness (QED) is 0.0321. The zero-order valence-corrected chi connectivity index (χ0v) is 43.2. The van der Waals surface area contributed by atoms with Crippen LogP contribution in [0.15, 0.2) is 24.3 Å². The fourth-order valence-electron chi connectivity index (χ4n) is 8.95. The lowest BCUT2D eigenvalue weighted by Gasteiger charge is -2.24. The molecule has 0 aliphatic rings. The van der Waals surface area contributed by atoms with Crippen LogP contribution in [0.25, 0.3) is 0 Å². The Balaban J connectivity index is 4.46. The second kappa shape index (κ2) is 52.3. The molecule has 0 spiro atoms. The fourth-order valence-corrected chi connectivity index (χ4v) is 8.95. The normalized spacial score (nSPS) is 13.3. The molecular weight excluding hydrogens is 791 g/mol. The summed E-state index contributed by atoms with van der Waals surface area (Å²) in [5.41, 5.74) is 0. The third-order valence-electron chi connectivity index (χ3n) is 13.3. The summed E-state index contributed by atoms with van der Waals surface area (Å²) >= 11 is 0. The van der Waals surface area contributed by atoms with Gasteiger partial charge in [0.05, 0.1) is 25.2 Å². The maximum atomic E-state index is 13.2. The van der Waals surface area contributed by atoms with E-state index < -0.39 is 18.2 Å². The Labute approximate surface area is 399 Å². The fraction of sp³-hybridized carbons (Fsp3) is 0.897. The van der Waals surface area contributed by atoms with Gasteiger partial charge in [0.25, 0.3) is 0 Å². The van der Waals surface area contributed by atoms with Crippen LogP contribution in [0.1, 0.15) is 310 Å². The van der Waals surface area contributed by atoms with Crippen LogP contribution in [-0.4, -0.2) is 46.9 Å². The van der Waals surface area contributed by atoms with Crippen LogP contribution >= 0.6 is 0 Å². The van der Waals surface area contributed by atoms with Crippen molar-refractivity contribution in [3.8, 4) is 0 Å². The number of rotatable bonds is 52. The summed E-state index contributed by atoms with van der Waals surface area (Å²) in [4.78, 5) is 26.2. The lowest BCUT2D eigenvalue weighted by Crippen LogP contribution is -2.46. The molecule has 0 aromatic heterocycles. The van der Waals surface area contributed by atoms with Gasteiger partial charge in [-0.05, 0) is 51.4 Å². The molecule has 0 fully saturated rings. The Morgan fingerprint density at radius 1 is 0.453 bits per heavy atom. The van der Waals surface area contributed by atoms with Gasteiger partial charge in [-0.25, -0.2) is 0 Å². The predicted octanol–water partition coefficient (Wildman–Crippen LogP) is 17.5. The average molecular weight is 903 g/mol. The second-order valence-corrected chi connectivity index (χ2v) is 19.7. The number of allylic oxidation sites excluding steroid dienone is 4. The van der Waals surface area contributed by atoms with E-state index in [0.717, 1.165) is 51.4 Å². The first kappa shape index (κ1) is 62.3. The smallest absolute Gasteiger partial charge is 0.306 e. The molecule has 0 heterocycles. The van der Waals surface area contributed by atoms with Crippen molar-refractivity contribution >= 4 is 11.9 Å². The number of esters is 1. The van der Waals surface area contributed by atoms with Crippen molar-refractivity contribution in [2.75, 3.05) is 6.61 Å². The largest absolute Gasteiger partial charge is 0.462 e. The number of carbonyl (C=O) groups is 2. The molecule has 0 aliphatic heterocycles. The van der Waals surface area contributed by atoms with Gasteiger partial charge in [0.1, 0.15) is 6.10 Å². The van der Waals surface area contributed by atoms with Crippen LogP contribution in [0, 0.1) is 0 Å². The van der Waals surface area contributed by atoms with Crippen LogP contribution in [0.5, 0.6) is 0 Å². The first-order valence-electron chi connectivity index (χ1n) is 28.6. The molecule has 1 amide bonds. The van der Waals surface area contributed by atoms with Crippen molar-refractivity contribution in [2.24, 2.45) is 0 Å². The van der Waals surface area contributed by atoms with E-state index in [1.807, 2.05) is 0 Å². The molecule has 6 nitrogen and oxygen atoms in total. The van der Waals surface area contributed by atoms with Gasteiger partial charge in [0, 0.05) is 6.42 Å². The zero-order valence-electron chi connectivity index (χ0n) is 43.2. The van der Waals surface area contributed by atoms with Crippen molar-refractivity contribution in [1.29, 1.82) is 0 Å². The summed E-state index contributed by atoms with van der Waals surface area (Å²) in [6.45, 7) is 6.51. The van der Waals surface area contributed by atoms with E-state index in [4.69, 9.17) is 4.74 Å². The second-order valence-electron chi connectivity index (χ2n) is 19.7. The van der Waals surface area contributed by atoms with E-state index in [1.54, 1.807) is 0 Å². The first-order chi connectivity index (χ1) is 31.5. The Kier molecular flexibility index (Phi) is 51.0. The minimum Gasteiger partial charge on any atom is -0.462 e. The highest BCUT2D eigenvalue weighted by atomic mass is 16.5. The number of hydrogen-bond donors (Lipinski definition) is 3. The number of nitrogens with one attached hydrogen (secondary N) is 1. The lowest BCUT2D eigenvalue weighted by molar-refractivity contribution is -0.151. The molecule has 0 bridgehead atoms. The number of carbonyl (C=O) groups excluding carboxylic acids is 2. The highest BCUT2D eigenvalue weighted by molar-refractivity contribution is 5.77. The molecule has 3 atom stereocenters. The molecule has 378 valence electrons. The summed E-state index contributed by atoms with van der Waals surface area (Å²) < 4.78 is 5.95. The van der Waals surface area contributed by atoms with Crippen LogP contribution in [0.4, 0.5) is 0 Å². The van der Waals surface area contributed by atoms with Crippen molar-refractivity contribution in [3.63, 3.8) is 0 Å². The third kappa shape index (κ3) is 46.9. The van der Waals surface area contributed by atoms with E-state index in [-0.39, 0.29) is 24.9 Å². The minimum absolute atomic E-state index is 0.0770. The van der Waals surface area contributed by atoms with E-state index in [0.29, 0.717) is 19.3 Å². The monoisotopic (exact) mass is 902 g/mol. The highest BCUT2D eigenvalue weighted by Crippen LogP contribution is 2.19. The number of amides is 1. The molecule has 0 saturated heterocycles. The Morgan fingerprint density at radius 2 is 0.781 bits per heavy atom. The van der Waals surface area contributed by atoms with Gasteiger partial charge in [0.2, 0.25) is 5.91 Å². The molecule has 3 N–H and O–H groups in total. The Bertz CT molecular complexity index is 1010. The van der Waals surface area contributed by atoms with Crippen LogP contribution in [-0.2, 0) is 14.3 Å². The topological polar surface area (TPSA) is 95.9 Å². The molecule has 0 rings (SSSR count). The van der Waals surface area contributed by atoms with Gasteiger partial charge in [-0.3, -0.25) is 9.59 Å². The molecule has 3 unspecified atom stereocenters. The summed E-state index contributed by atoms with van der Waals surface area (Å²) in [6.07, 6.45) is 61.0. The summed E-state index contributed by atoms with van der Waals surface area (Å²) in [5, 5.41) is 23.9. The van der Waals surface area contributed by atoms with Gasteiger partial charge >= 0.3 is 5.97 Å². The van der Waals surface area contributed by atoms with Gasteiger partial charge in [0.15, 0.2) is 0 Å². The Hall–Kier alpha value is -1.66. The number of ether oxygens (including phenoxy) is 1. The van der Waals surface area contributed by atoms with Crippen molar-refractivity contribution < 1.29 is 24.5 Å². The van der Waals surface area contributed by atoms with Gasteiger partial charge in [-0.2, -0.15) is 0 Å². The molecule has 0 aromatic carbocycles.